The van der Waals surface area contributed by atoms with Gasteiger partial charge in [0.05, 0.1) is 6.61 Å². The first kappa shape index (κ1) is 13.9. The molecule has 0 aromatic heterocycles. The molecule has 1 rings (SSSR count). The van der Waals surface area contributed by atoms with E-state index < -0.39 is 24.7 Å². The molecular formula is C11H13NO6. The van der Waals surface area contributed by atoms with Crippen LogP contribution in [0.4, 0.5) is 4.79 Å². The number of carboxylic acids is 1. The second-order valence-corrected chi connectivity index (χ2v) is 3.34. The van der Waals surface area contributed by atoms with Gasteiger partial charge in [0.15, 0.2) is 6.04 Å². The Balaban J connectivity index is 2.27. The van der Waals surface area contributed by atoms with Crippen LogP contribution in [0.5, 0.6) is 0 Å². The van der Waals surface area contributed by atoms with Gasteiger partial charge in [-0.2, -0.15) is 4.89 Å². The fourth-order valence-corrected chi connectivity index (χ4v) is 1.08. The summed E-state index contributed by atoms with van der Waals surface area (Å²) in [5.74, 6) is -1.36. The van der Waals surface area contributed by atoms with E-state index in [0.717, 1.165) is 5.56 Å². The van der Waals surface area contributed by atoms with Gasteiger partial charge < -0.3 is 15.5 Å². The van der Waals surface area contributed by atoms with Gasteiger partial charge in [-0.3, -0.25) is 4.89 Å². The molecule has 18 heavy (non-hydrogen) atoms. The van der Waals surface area contributed by atoms with Gasteiger partial charge in [0.25, 0.3) is 0 Å². The van der Waals surface area contributed by atoms with Crippen LogP contribution in [-0.2, 0) is 21.2 Å². The molecule has 0 radical (unpaired) electrons. The van der Waals surface area contributed by atoms with Gasteiger partial charge in [-0.25, -0.2) is 9.59 Å². The largest absolute Gasteiger partial charge is 0.480 e. The summed E-state index contributed by atoms with van der Waals surface area (Å²) in [5, 5.41) is 19.1. The van der Waals surface area contributed by atoms with Crippen LogP contribution in [0.2, 0.25) is 0 Å². The highest BCUT2D eigenvalue weighted by Gasteiger charge is 2.19. The smallest absolute Gasteiger partial charge is 0.439 e. The zero-order valence-electron chi connectivity index (χ0n) is 9.41. The number of aliphatic hydroxyl groups excluding tert-OH is 1. The van der Waals surface area contributed by atoms with Crippen molar-refractivity contribution in [2.75, 3.05) is 6.61 Å². The molecule has 0 saturated carbocycles. The van der Waals surface area contributed by atoms with E-state index in [2.05, 4.69) is 9.78 Å². The molecule has 7 heteroatoms. The highest BCUT2D eigenvalue weighted by molar-refractivity contribution is 5.79. The Hall–Kier alpha value is -2.12. The van der Waals surface area contributed by atoms with E-state index in [1.165, 1.54) is 0 Å². The number of rotatable bonds is 6. The lowest BCUT2D eigenvalue weighted by Gasteiger charge is -2.10. The molecule has 0 aliphatic heterocycles. The molecule has 1 atom stereocenters. The van der Waals surface area contributed by atoms with Gasteiger partial charge in [0, 0.05) is 0 Å². The summed E-state index contributed by atoms with van der Waals surface area (Å²) in [7, 11) is 0. The molecule has 3 N–H and O–H groups in total. The molecule has 7 nitrogen and oxygen atoms in total. The lowest BCUT2D eigenvalue weighted by Crippen LogP contribution is -2.43. The van der Waals surface area contributed by atoms with E-state index in [-0.39, 0.29) is 6.61 Å². The molecule has 1 aromatic rings. The number of carbonyl (C=O) groups is 2. The Morgan fingerprint density at radius 3 is 2.50 bits per heavy atom. The predicted octanol–water partition coefficient (Wildman–Crippen LogP) is 0.290. The molecule has 0 fully saturated rings. The monoisotopic (exact) mass is 255 g/mol. The maximum absolute atomic E-state index is 11.1. The molecule has 1 amide bonds. The van der Waals surface area contributed by atoms with Crippen molar-refractivity contribution < 1.29 is 29.6 Å². The molecule has 0 spiro atoms. The SMILES string of the molecule is O=C(N[C@@H](CO)C(=O)O)OOCc1ccccc1. The minimum atomic E-state index is -1.42. The van der Waals surface area contributed by atoms with E-state index in [0.29, 0.717) is 0 Å². The van der Waals surface area contributed by atoms with Gasteiger partial charge in [0.2, 0.25) is 0 Å². The first-order valence-corrected chi connectivity index (χ1v) is 5.11. The highest BCUT2D eigenvalue weighted by atomic mass is 17.2. The van der Waals surface area contributed by atoms with Crippen LogP contribution in [0.3, 0.4) is 0 Å². The third kappa shape index (κ3) is 4.81. The van der Waals surface area contributed by atoms with Crippen molar-refractivity contribution >= 4 is 12.1 Å². The summed E-state index contributed by atoms with van der Waals surface area (Å²) >= 11 is 0. The Kier molecular flexibility index (Phi) is 5.62. The standard InChI is InChI=1S/C11H13NO6/c13-6-9(10(14)15)12-11(16)18-17-7-8-4-2-1-3-5-8/h1-5,9,13H,6-7H2,(H,12,16)(H,14,15)/t9-/m0/s1. The van der Waals surface area contributed by atoms with Crippen LogP contribution in [0.25, 0.3) is 0 Å². The summed E-state index contributed by atoms with van der Waals surface area (Å²) < 4.78 is 0. The molecule has 98 valence electrons. The van der Waals surface area contributed by atoms with Crippen molar-refractivity contribution in [1.29, 1.82) is 0 Å². The second-order valence-electron chi connectivity index (χ2n) is 3.34. The summed E-state index contributed by atoms with van der Waals surface area (Å²) in [6.45, 7) is -0.686. The number of carboxylic acid groups (broad SMARTS) is 1. The van der Waals surface area contributed by atoms with Crippen molar-refractivity contribution in [3.05, 3.63) is 35.9 Å². The van der Waals surface area contributed by atoms with E-state index in [9.17, 15) is 9.59 Å². The van der Waals surface area contributed by atoms with Crippen LogP contribution in [-0.4, -0.2) is 34.9 Å². The van der Waals surface area contributed by atoms with Crippen LogP contribution in [0.1, 0.15) is 5.56 Å². The summed E-state index contributed by atoms with van der Waals surface area (Å²) in [5.41, 5.74) is 0.794. The van der Waals surface area contributed by atoms with E-state index in [4.69, 9.17) is 10.2 Å². The molecular weight excluding hydrogens is 242 g/mol. The molecule has 0 aliphatic rings. The number of benzene rings is 1. The summed E-state index contributed by atoms with van der Waals surface area (Å²) in [6, 6.07) is 7.55. The fourth-order valence-electron chi connectivity index (χ4n) is 1.08. The lowest BCUT2D eigenvalue weighted by atomic mass is 10.2. The van der Waals surface area contributed by atoms with E-state index in [1.54, 1.807) is 24.3 Å². The summed E-state index contributed by atoms with van der Waals surface area (Å²) in [4.78, 5) is 30.5. The molecule has 1 aromatic carbocycles. The van der Waals surface area contributed by atoms with Crippen molar-refractivity contribution in [3.8, 4) is 0 Å². The van der Waals surface area contributed by atoms with Gasteiger partial charge >= 0.3 is 12.1 Å². The third-order valence-corrected chi connectivity index (χ3v) is 1.98. The Bertz CT molecular complexity index is 394. The Morgan fingerprint density at radius 2 is 1.94 bits per heavy atom. The fraction of sp³-hybridized carbons (Fsp3) is 0.273. The number of nitrogens with one attached hydrogen (secondary N) is 1. The molecule has 0 unspecified atom stereocenters. The average molecular weight is 255 g/mol. The van der Waals surface area contributed by atoms with Crippen LogP contribution in [0, 0.1) is 0 Å². The van der Waals surface area contributed by atoms with Gasteiger partial charge in [-0.1, -0.05) is 30.3 Å². The number of aliphatic hydroxyl groups is 1. The molecule has 0 aliphatic carbocycles. The average Bonchev–Trinajstić information content (AvgIpc) is 2.37. The number of hydrogen-bond donors (Lipinski definition) is 3. The molecule has 0 bridgehead atoms. The number of hydrogen-bond acceptors (Lipinski definition) is 5. The zero-order chi connectivity index (χ0) is 13.4. The van der Waals surface area contributed by atoms with Crippen molar-refractivity contribution in [3.63, 3.8) is 0 Å². The number of amides is 1. The maximum Gasteiger partial charge on any atom is 0.439 e. The number of carbonyl (C=O) groups excluding carboxylic acids is 1. The highest BCUT2D eigenvalue weighted by Crippen LogP contribution is 2.00. The van der Waals surface area contributed by atoms with Gasteiger partial charge in [0.1, 0.15) is 6.61 Å². The van der Waals surface area contributed by atoms with Crippen LogP contribution >= 0.6 is 0 Å². The number of aliphatic carboxylic acids is 1. The third-order valence-electron chi connectivity index (χ3n) is 1.98. The topological polar surface area (TPSA) is 105 Å². The first-order chi connectivity index (χ1) is 8.63. The van der Waals surface area contributed by atoms with Gasteiger partial charge in [-0.15, -0.1) is 0 Å². The van der Waals surface area contributed by atoms with E-state index >= 15 is 0 Å². The Labute approximate surface area is 103 Å². The first-order valence-electron chi connectivity index (χ1n) is 5.11. The lowest BCUT2D eigenvalue weighted by molar-refractivity contribution is -0.249. The minimum absolute atomic E-state index is 0.0467. The molecule has 0 heterocycles. The Morgan fingerprint density at radius 1 is 1.28 bits per heavy atom. The van der Waals surface area contributed by atoms with Crippen LogP contribution < -0.4 is 5.32 Å². The normalized spacial score (nSPS) is 11.6. The van der Waals surface area contributed by atoms with Crippen molar-refractivity contribution in [1.82, 2.24) is 5.32 Å². The second kappa shape index (κ2) is 7.25. The van der Waals surface area contributed by atoms with E-state index in [1.807, 2.05) is 11.4 Å². The summed E-state index contributed by atoms with van der Waals surface area (Å²) in [6.07, 6.45) is -1.08. The molecule has 0 saturated heterocycles. The van der Waals surface area contributed by atoms with Crippen molar-refractivity contribution in [2.45, 2.75) is 12.6 Å². The predicted molar refractivity (Wildman–Crippen MR) is 59.4 cm³/mol. The zero-order valence-corrected chi connectivity index (χ0v) is 9.41. The van der Waals surface area contributed by atoms with Crippen molar-refractivity contribution in [2.24, 2.45) is 0 Å². The quantitative estimate of drug-likeness (QED) is 0.498. The minimum Gasteiger partial charge on any atom is -0.480 e. The van der Waals surface area contributed by atoms with Gasteiger partial charge in [-0.05, 0) is 5.56 Å². The van der Waals surface area contributed by atoms with Crippen LogP contribution in [0.15, 0.2) is 30.3 Å². The maximum atomic E-state index is 11.1.